The van der Waals surface area contributed by atoms with Crippen LogP contribution in [0, 0.1) is 0 Å². The Morgan fingerprint density at radius 3 is 2.71 bits per heavy atom. The van der Waals surface area contributed by atoms with Crippen molar-refractivity contribution in [3.05, 3.63) is 24.0 Å². The number of hydrogen-bond acceptors (Lipinski definition) is 6. The van der Waals surface area contributed by atoms with Crippen molar-refractivity contribution < 1.29 is 19.5 Å². The number of hydrogen-bond donors (Lipinski definition) is 2. The third-order valence-electron chi connectivity index (χ3n) is 2.38. The van der Waals surface area contributed by atoms with Gasteiger partial charge in [0, 0.05) is 12.7 Å². The second-order valence-corrected chi connectivity index (χ2v) is 3.54. The van der Waals surface area contributed by atoms with E-state index in [-0.39, 0.29) is 23.5 Å². The zero-order valence-corrected chi connectivity index (χ0v) is 9.41. The maximum atomic E-state index is 9.36. The molecule has 0 radical (unpaired) electrons. The van der Waals surface area contributed by atoms with Crippen molar-refractivity contribution >= 4 is 0 Å². The first-order valence-electron chi connectivity index (χ1n) is 5.00. The number of aromatic hydroxyl groups is 2. The maximum Gasteiger partial charge on any atom is 0.258 e. The molecule has 0 amide bonds. The smallest absolute Gasteiger partial charge is 0.258 e. The number of phenolic OH excluding ortho intramolecular Hbond substituents is 2. The zero-order valence-electron chi connectivity index (χ0n) is 9.41. The first-order chi connectivity index (χ1) is 8.11. The molecule has 1 atom stereocenters. The lowest BCUT2D eigenvalue weighted by Gasteiger charge is -2.01. The third-order valence-corrected chi connectivity index (χ3v) is 2.38. The van der Waals surface area contributed by atoms with Crippen LogP contribution >= 0.6 is 0 Å². The lowest BCUT2D eigenvalue weighted by Crippen LogP contribution is -1.97. The minimum absolute atomic E-state index is 0.196. The minimum Gasteiger partial charge on any atom is -0.504 e. The molecule has 2 aromatic rings. The highest BCUT2D eigenvalue weighted by atomic mass is 16.5. The van der Waals surface area contributed by atoms with Gasteiger partial charge in [0.15, 0.2) is 11.5 Å². The molecule has 1 unspecified atom stereocenters. The highest BCUT2D eigenvalue weighted by Crippen LogP contribution is 2.30. The van der Waals surface area contributed by atoms with E-state index in [1.54, 1.807) is 20.1 Å². The van der Waals surface area contributed by atoms with E-state index in [1.165, 1.54) is 12.1 Å². The van der Waals surface area contributed by atoms with E-state index < -0.39 is 0 Å². The molecule has 1 aromatic heterocycles. The SMILES string of the molecule is COC(C)c1noc(-c2ccc(O)c(O)c2)n1. The number of rotatable bonds is 3. The van der Waals surface area contributed by atoms with Crippen LogP contribution in [-0.2, 0) is 4.74 Å². The summed E-state index contributed by atoms with van der Waals surface area (Å²) in [5.74, 6) is 0.259. The second-order valence-electron chi connectivity index (χ2n) is 3.54. The third kappa shape index (κ3) is 2.21. The highest BCUT2D eigenvalue weighted by Gasteiger charge is 2.15. The van der Waals surface area contributed by atoms with Gasteiger partial charge in [-0.2, -0.15) is 4.98 Å². The monoisotopic (exact) mass is 236 g/mol. The molecular formula is C11H12N2O4. The van der Waals surface area contributed by atoms with Crippen LogP contribution in [0.25, 0.3) is 11.5 Å². The molecule has 2 rings (SSSR count). The number of benzene rings is 1. The van der Waals surface area contributed by atoms with Crippen molar-refractivity contribution in [1.82, 2.24) is 10.1 Å². The predicted octanol–water partition coefficient (Wildman–Crippen LogP) is 1.86. The van der Waals surface area contributed by atoms with Crippen LogP contribution in [0.4, 0.5) is 0 Å². The lowest BCUT2D eigenvalue weighted by molar-refractivity contribution is 0.109. The molecule has 90 valence electrons. The van der Waals surface area contributed by atoms with E-state index >= 15 is 0 Å². The van der Waals surface area contributed by atoms with Crippen molar-refractivity contribution in [2.24, 2.45) is 0 Å². The van der Waals surface area contributed by atoms with Crippen LogP contribution in [-0.4, -0.2) is 27.5 Å². The number of nitrogens with zero attached hydrogens (tertiary/aromatic N) is 2. The van der Waals surface area contributed by atoms with Crippen molar-refractivity contribution in [3.8, 4) is 23.0 Å². The van der Waals surface area contributed by atoms with E-state index in [2.05, 4.69) is 10.1 Å². The van der Waals surface area contributed by atoms with E-state index in [1.807, 2.05) is 0 Å². The molecule has 0 saturated carbocycles. The van der Waals surface area contributed by atoms with Crippen molar-refractivity contribution in [1.29, 1.82) is 0 Å². The molecule has 17 heavy (non-hydrogen) atoms. The Balaban J connectivity index is 2.33. The van der Waals surface area contributed by atoms with Crippen LogP contribution in [0.3, 0.4) is 0 Å². The van der Waals surface area contributed by atoms with Gasteiger partial charge in [0.25, 0.3) is 5.89 Å². The van der Waals surface area contributed by atoms with Crippen LogP contribution in [0.1, 0.15) is 18.9 Å². The van der Waals surface area contributed by atoms with Gasteiger partial charge in [-0.05, 0) is 25.1 Å². The van der Waals surface area contributed by atoms with Gasteiger partial charge in [-0.15, -0.1) is 0 Å². The fraction of sp³-hybridized carbons (Fsp3) is 0.273. The van der Waals surface area contributed by atoms with Crippen LogP contribution in [0.5, 0.6) is 11.5 Å². The van der Waals surface area contributed by atoms with Gasteiger partial charge < -0.3 is 19.5 Å². The topological polar surface area (TPSA) is 88.6 Å². The molecule has 0 aliphatic carbocycles. The maximum absolute atomic E-state index is 9.36. The molecule has 0 aliphatic heterocycles. The first kappa shape index (κ1) is 11.4. The molecule has 2 N–H and O–H groups in total. The Labute approximate surface area is 97.5 Å². The molecule has 6 nitrogen and oxygen atoms in total. The number of aromatic nitrogens is 2. The van der Waals surface area contributed by atoms with Gasteiger partial charge in [-0.25, -0.2) is 0 Å². The quantitative estimate of drug-likeness (QED) is 0.790. The Bertz CT molecular complexity index is 524. The summed E-state index contributed by atoms with van der Waals surface area (Å²) in [5.41, 5.74) is 0.530. The van der Waals surface area contributed by atoms with Crippen molar-refractivity contribution in [2.75, 3.05) is 7.11 Å². The summed E-state index contributed by atoms with van der Waals surface area (Å²) in [6.45, 7) is 1.79. The molecule has 1 heterocycles. The van der Waals surface area contributed by atoms with Gasteiger partial charge in [0.1, 0.15) is 6.10 Å². The molecule has 0 bridgehead atoms. The van der Waals surface area contributed by atoms with E-state index in [0.29, 0.717) is 11.4 Å². The van der Waals surface area contributed by atoms with Gasteiger partial charge in [0.05, 0.1) is 0 Å². The highest BCUT2D eigenvalue weighted by molar-refractivity contribution is 5.58. The summed E-state index contributed by atoms with van der Waals surface area (Å²) in [5, 5.41) is 22.3. The Hall–Kier alpha value is -2.08. The van der Waals surface area contributed by atoms with Crippen molar-refractivity contribution in [2.45, 2.75) is 13.0 Å². The van der Waals surface area contributed by atoms with E-state index in [4.69, 9.17) is 9.26 Å². The Kier molecular flexibility index (Phi) is 2.97. The van der Waals surface area contributed by atoms with Crippen LogP contribution in [0.2, 0.25) is 0 Å². The first-order valence-corrected chi connectivity index (χ1v) is 5.00. The number of methoxy groups -OCH3 is 1. The summed E-state index contributed by atoms with van der Waals surface area (Å²) >= 11 is 0. The average molecular weight is 236 g/mol. The predicted molar refractivity (Wildman–Crippen MR) is 58.5 cm³/mol. The summed E-state index contributed by atoms with van der Waals surface area (Å²) < 4.78 is 10.1. The lowest BCUT2D eigenvalue weighted by atomic mass is 10.2. The molecule has 0 spiro atoms. The van der Waals surface area contributed by atoms with Gasteiger partial charge in [0.2, 0.25) is 5.82 Å². The summed E-state index contributed by atoms with van der Waals surface area (Å²) in [6, 6.07) is 4.28. The minimum atomic E-state index is -0.266. The fourth-order valence-corrected chi connectivity index (χ4v) is 1.28. The van der Waals surface area contributed by atoms with Gasteiger partial charge >= 0.3 is 0 Å². The van der Waals surface area contributed by atoms with E-state index in [0.717, 1.165) is 0 Å². The Morgan fingerprint density at radius 1 is 1.29 bits per heavy atom. The second kappa shape index (κ2) is 4.42. The molecule has 0 saturated heterocycles. The summed E-state index contributed by atoms with van der Waals surface area (Å²) in [4.78, 5) is 4.13. The molecule has 0 fully saturated rings. The van der Waals surface area contributed by atoms with Crippen molar-refractivity contribution in [3.63, 3.8) is 0 Å². The summed E-state index contributed by atoms with van der Waals surface area (Å²) in [6.07, 6.45) is -0.266. The molecule has 6 heteroatoms. The summed E-state index contributed by atoms with van der Waals surface area (Å²) in [7, 11) is 1.55. The Morgan fingerprint density at radius 2 is 2.06 bits per heavy atom. The fourth-order valence-electron chi connectivity index (χ4n) is 1.28. The number of phenols is 2. The zero-order chi connectivity index (χ0) is 12.4. The standard InChI is InChI=1S/C11H12N2O4/c1-6(16-2)10-12-11(17-13-10)7-3-4-8(14)9(15)5-7/h3-6,14-15H,1-2H3. The normalized spacial score (nSPS) is 12.6. The average Bonchev–Trinajstić information content (AvgIpc) is 2.81. The molecule has 1 aromatic carbocycles. The van der Waals surface area contributed by atoms with Crippen LogP contribution in [0.15, 0.2) is 22.7 Å². The van der Waals surface area contributed by atoms with Gasteiger partial charge in [-0.1, -0.05) is 5.16 Å². The van der Waals surface area contributed by atoms with Gasteiger partial charge in [-0.3, -0.25) is 0 Å². The van der Waals surface area contributed by atoms with E-state index in [9.17, 15) is 10.2 Å². The number of ether oxygens (including phenoxy) is 1. The largest absolute Gasteiger partial charge is 0.504 e. The van der Waals surface area contributed by atoms with Crippen LogP contribution < -0.4 is 0 Å². The molecular weight excluding hydrogens is 224 g/mol. The molecule has 0 aliphatic rings.